The van der Waals surface area contributed by atoms with E-state index < -0.39 is 29.4 Å². The Morgan fingerprint density at radius 1 is 0.708 bits per heavy atom. The summed E-state index contributed by atoms with van der Waals surface area (Å²) in [5.41, 5.74) is -1.53. The largest absolute Gasteiger partial charge is 0.416 e. The summed E-state index contributed by atoms with van der Waals surface area (Å²) in [5.74, 6) is -0.547. The van der Waals surface area contributed by atoms with Crippen LogP contribution in [0.5, 0.6) is 0 Å². The zero-order valence-electron chi connectivity index (χ0n) is 12.2. The summed E-state index contributed by atoms with van der Waals surface area (Å²) in [6.07, 6.45) is -9.04. The van der Waals surface area contributed by atoms with Crippen LogP contribution < -0.4 is 4.90 Å². The minimum absolute atomic E-state index is 0.121. The molecule has 0 fully saturated rings. The van der Waals surface area contributed by atoms with Crippen molar-refractivity contribution in [3.05, 3.63) is 59.7 Å². The van der Waals surface area contributed by atoms with Gasteiger partial charge in [-0.15, -0.1) is 0 Å². The van der Waals surface area contributed by atoms with E-state index >= 15 is 0 Å². The maximum absolute atomic E-state index is 12.6. The number of rotatable bonds is 2. The molecule has 0 saturated carbocycles. The molecule has 0 aliphatic heterocycles. The Morgan fingerprint density at radius 3 is 1.21 bits per heavy atom. The van der Waals surface area contributed by atoms with Gasteiger partial charge in [-0.3, -0.25) is 9.69 Å². The first-order chi connectivity index (χ1) is 11.0. The summed E-state index contributed by atoms with van der Waals surface area (Å²) < 4.78 is 75.4. The standard InChI is InChI=1S/C16H11F6NO/c1-10(24)23(13-6-2-11(3-7-13)15(17,18)19)14-8-4-12(5-9-14)16(20,21)22/h2-9H,1H3. The van der Waals surface area contributed by atoms with Crippen molar-refractivity contribution in [3.63, 3.8) is 0 Å². The number of hydrogen-bond acceptors (Lipinski definition) is 1. The van der Waals surface area contributed by atoms with Crippen molar-refractivity contribution in [2.75, 3.05) is 4.90 Å². The molecule has 0 N–H and O–H groups in total. The minimum Gasteiger partial charge on any atom is -0.281 e. The second-order valence-corrected chi connectivity index (χ2v) is 4.94. The Balaban J connectivity index is 2.38. The van der Waals surface area contributed by atoms with Gasteiger partial charge in [0.15, 0.2) is 0 Å². The molecule has 1 amide bonds. The van der Waals surface area contributed by atoms with Gasteiger partial charge in [0.2, 0.25) is 5.91 Å². The maximum Gasteiger partial charge on any atom is 0.416 e. The molecule has 2 aromatic carbocycles. The van der Waals surface area contributed by atoms with E-state index in [-0.39, 0.29) is 11.4 Å². The average molecular weight is 347 g/mol. The Hall–Kier alpha value is -2.51. The number of hydrogen-bond donors (Lipinski definition) is 0. The van der Waals surface area contributed by atoms with Crippen LogP contribution in [0.25, 0.3) is 0 Å². The van der Waals surface area contributed by atoms with Crippen LogP contribution in [0.3, 0.4) is 0 Å². The smallest absolute Gasteiger partial charge is 0.281 e. The quantitative estimate of drug-likeness (QED) is 0.665. The Kier molecular flexibility index (Phi) is 4.59. The normalized spacial score (nSPS) is 12.1. The predicted molar refractivity (Wildman–Crippen MR) is 75.7 cm³/mol. The van der Waals surface area contributed by atoms with E-state index in [1.807, 2.05) is 0 Å². The molecule has 0 aromatic heterocycles. The van der Waals surface area contributed by atoms with Gasteiger partial charge in [-0.05, 0) is 48.5 Å². The number of carbonyl (C=O) groups excluding carboxylic acids is 1. The van der Waals surface area contributed by atoms with Gasteiger partial charge < -0.3 is 0 Å². The van der Waals surface area contributed by atoms with Crippen LogP contribution in [0.1, 0.15) is 18.1 Å². The van der Waals surface area contributed by atoms with Crippen molar-refractivity contribution in [2.24, 2.45) is 0 Å². The molecule has 2 aromatic rings. The van der Waals surface area contributed by atoms with Crippen LogP contribution in [0.2, 0.25) is 0 Å². The maximum atomic E-state index is 12.6. The predicted octanol–water partition coefficient (Wildman–Crippen LogP) is 5.41. The van der Waals surface area contributed by atoms with Crippen LogP contribution in [0.15, 0.2) is 48.5 Å². The van der Waals surface area contributed by atoms with Gasteiger partial charge in [-0.25, -0.2) is 0 Å². The third-order valence-electron chi connectivity index (χ3n) is 3.22. The second kappa shape index (κ2) is 6.18. The number of halogens is 6. The lowest BCUT2D eigenvalue weighted by atomic mass is 10.1. The molecule has 0 aliphatic carbocycles. The van der Waals surface area contributed by atoms with Crippen molar-refractivity contribution in [1.29, 1.82) is 0 Å². The van der Waals surface area contributed by atoms with Gasteiger partial charge in [0.1, 0.15) is 0 Å². The lowest BCUT2D eigenvalue weighted by Gasteiger charge is -2.22. The molecule has 0 heterocycles. The number of nitrogens with zero attached hydrogens (tertiary/aromatic N) is 1. The fourth-order valence-electron chi connectivity index (χ4n) is 2.11. The highest BCUT2D eigenvalue weighted by atomic mass is 19.4. The summed E-state index contributed by atoms with van der Waals surface area (Å²) in [6.45, 7) is 1.16. The Morgan fingerprint density at radius 2 is 1.00 bits per heavy atom. The van der Waals surface area contributed by atoms with Gasteiger partial charge in [0.05, 0.1) is 11.1 Å². The molecule has 0 bridgehead atoms. The lowest BCUT2D eigenvalue weighted by Crippen LogP contribution is -2.23. The highest BCUT2D eigenvalue weighted by Crippen LogP contribution is 2.34. The molecule has 0 atom stereocenters. The van der Waals surface area contributed by atoms with Crippen molar-refractivity contribution in [3.8, 4) is 0 Å². The van der Waals surface area contributed by atoms with Gasteiger partial charge in [0, 0.05) is 18.3 Å². The van der Waals surface area contributed by atoms with Crippen LogP contribution in [-0.4, -0.2) is 5.91 Å². The van der Waals surface area contributed by atoms with Gasteiger partial charge >= 0.3 is 12.4 Å². The molecule has 0 unspecified atom stereocenters. The van der Waals surface area contributed by atoms with E-state index in [1.165, 1.54) is 0 Å². The topological polar surface area (TPSA) is 20.3 Å². The lowest BCUT2D eigenvalue weighted by molar-refractivity contribution is -0.138. The monoisotopic (exact) mass is 347 g/mol. The van der Waals surface area contributed by atoms with Crippen molar-refractivity contribution in [1.82, 2.24) is 0 Å². The fourth-order valence-corrected chi connectivity index (χ4v) is 2.11. The Labute approximate surface area is 133 Å². The molecule has 8 heteroatoms. The third-order valence-corrected chi connectivity index (χ3v) is 3.22. The van der Waals surface area contributed by atoms with Crippen molar-refractivity contribution >= 4 is 17.3 Å². The first-order valence-corrected chi connectivity index (χ1v) is 6.65. The van der Waals surface area contributed by atoms with Crippen molar-refractivity contribution < 1.29 is 31.1 Å². The molecule has 0 radical (unpaired) electrons. The molecule has 0 spiro atoms. The molecular weight excluding hydrogens is 336 g/mol. The Bertz CT molecular complexity index is 659. The van der Waals surface area contributed by atoms with E-state index in [1.54, 1.807) is 0 Å². The summed E-state index contributed by atoms with van der Waals surface area (Å²) in [5, 5.41) is 0. The SMILES string of the molecule is CC(=O)N(c1ccc(C(F)(F)F)cc1)c1ccc(C(F)(F)F)cc1. The molecule has 0 saturated heterocycles. The highest BCUT2D eigenvalue weighted by Gasteiger charge is 2.31. The minimum atomic E-state index is -4.52. The number of alkyl halides is 6. The van der Waals surface area contributed by atoms with Crippen LogP contribution >= 0.6 is 0 Å². The summed E-state index contributed by atoms with van der Waals surface area (Å²) in [7, 11) is 0. The van der Waals surface area contributed by atoms with Gasteiger partial charge in [-0.1, -0.05) is 0 Å². The number of amides is 1. The summed E-state index contributed by atoms with van der Waals surface area (Å²) in [6, 6.07) is 7.54. The number of carbonyl (C=O) groups is 1. The zero-order valence-corrected chi connectivity index (χ0v) is 12.2. The highest BCUT2D eigenvalue weighted by molar-refractivity contribution is 5.99. The third kappa shape index (κ3) is 3.87. The molecule has 128 valence electrons. The van der Waals surface area contributed by atoms with E-state index in [0.29, 0.717) is 0 Å². The fraction of sp³-hybridized carbons (Fsp3) is 0.188. The first kappa shape index (κ1) is 17.8. The van der Waals surface area contributed by atoms with E-state index in [4.69, 9.17) is 0 Å². The molecule has 2 rings (SSSR count). The van der Waals surface area contributed by atoms with Crippen LogP contribution in [0.4, 0.5) is 37.7 Å². The van der Waals surface area contributed by atoms with E-state index in [2.05, 4.69) is 0 Å². The number of anilines is 2. The summed E-state index contributed by atoms with van der Waals surface area (Å²) >= 11 is 0. The van der Waals surface area contributed by atoms with Crippen molar-refractivity contribution in [2.45, 2.75) is 19.3 Å². The first-order valence-electron chi connectivity index (χ1n) is 6.65. The summed E-state index contributed by atoms with van der Waals surface area (Å²) in [4.78, 5) is 12.8. The molecule has 24 heavy (non-hydrogen) atoms. The van der Waals surface area contributed by atoms with Gasteiger partial charge in [0.25, 0.3) is 0 Å². The number of benzene rings is 2. The average Bonchev–Trinajstić information content (AvgIpc) is 2.46. The molecular formula is C16H11F6NO. The molecule has 2 nitrogen and oxygen atoms in total. The van der Waals surface area contributed by atoms with E-state index in [0.717, 1.165) is 60.4 Å². The second-order valence-electron chi connectivity index (χ2n) is 4.94. The van der Waals surface area contributed by atoms with Gasteiger partial charge in [-0.2, -0.15) is 26.3 Å². The van der Waals surface area contributed by atoms with Crippen LogP contribution in [-0.2, 0) is 17.1 Å². The van der Waals surface area contributed by atoms with E-state index in [9.17, 15) is 31.1 Å². The molecule has 0 aliphatic rings. The zero-order chi connectivity index (χ0) is 18.1. The van der Waals surface area contributed by atoms with Crippen LogP contribution in [0, 0.1) is 0 Å².